The van der Waals surface area contributed by atoms with Crippen molar-refractivity contribution in [3.05, 3.63) is 54.1 Å². The van der Waals surface area contributed by atoms with Gasteiger partial charge in [0.25, 0.3) is 0 Å². The summed E-state index contributed by atoms with van der Waals surface area (Å²) in [7, 11) is -3.63. The number of sulfone groups is 1. The maximum Gasteiger partial charge on any atom is 0.237 e. The molecule has 2 aromatic carbocycles. The lowest BCUT2D eigenvalue weighted by Crippen LogP contribution is -2.43. The molecule has 1 amide bonds. The molecule has 2 heterocycles. The van der Waals surface area contributed by atoms with Crippen molar-refractivity contribution in [2.45, 2.75) is 61.0 Å². The van der Waals surface area contributed by atoms with Crippen LogP contribution in [0.15, 0.2) is 58.3 Å². The van der Waals surface area contributed by atoms with Gasteiger partial charge in [0.15, 0.2) is 0 Å². The first-order valence-corrected chi connectivity index (χ1v) is 14.2. The molecular formula is C27H35N3O4S. The molecule has 1 saturated carbocycles. The highest BCUT2D eigenvalue weighted by Crippen LogP contribution is 2.36. The largest absolute Gasteiger partial charge is 0.378 e. The standard InChI is InChI=1S/C27H35N3O4S/c1-19-5-10-25-21(15-19)16-26(29-25)27(31)28-18-20-6-8-23(9-7-20)35(32,33)24-4-2-3-22(17-24)30-11-13-34-14-12-30/h2-4,6-9,17,19,21,25-26,29H,5,10-16,18H2,1H3,(H,28,31). The Hall–Kier alpha value is -2.42. The highest BCUT2D eigenvalue weighted by Gasteiger charge is 2.39. The van der Waals surface area contributed by atoms with Crippen molar-refractivity contribution in [1.82, 2.24) is 10.6 Å². The smallest absolute Gasteiger partial charge is 0.237 e. The number of carbonyl (C=O) groups excluding carboxylic acids is 1. The van der Waals surface area contributed by atoms with Crippen LogP contribution in [0.2, 0.25) is 0 Å². The molecule has 0 aromatic heterocycles. The number of carbonyl (C=O) groups is 1. The molecule has 35 heavy (non-hydrogen) atoms. The fourth-order valence-corrected chi connectivity index (χ4v) is 6.99. The first-order valence-electron chi connectivity index (χ1n) is 12.7. The number of anilines is 1. The summed E-state index contributed by atoms with van der Waals surface area (Å²) in [5.41, 5.74) is 1.77. The molecule has 8 heteroatoms. The Labute approximate surface area is 208 Å². The van der Waals surface area contributed by atoms with Gasteiger partial charge in [-0.25, -0.2) is 8.42 Å². The van der Waals surface area contributed by atoms with E-state index in [1.807, 2.05) is 6.07 Å². The maximum atomic E-state index is 13.2. The highest BCUT2D eigenvalue weighted by molar-refractivity contribution is 7.91. The Morgan fingerprint density at radius 3 is 2.60 bits per heavy atom. The van der Waals surface area contributed by atoms with Crippen molar-refractivity contribution in [1.29, 1.82) is 0 Å². The van der Waals surface area contributed by atoms with E-state index in [0.29, 0.717) is 31.7 Å². The number of fused-ring (bicyclic) bond motifs is 1. The van der Waals surface area contributed by atoms with Crippen molar-refractivity contribution < 1.29 is 17.9 Å². The zero-order valence-electron chi connectivity index (χ0n) is 20.3. The average Bonchev–Trinajstić information content (AvgIpc) is 3.31. The molecular weight excluding hydrogens is 462 g/mol. The fourth-order valence-electron chi connectivity index (χ4n) is 5.69. The minimum Gasteiger partial charge on any atom is -0.378 e. The van der Waals surface area contributed by atoms with Gasteiger partial charge < -0.3 is 20.3 Å². The zero-order valence-corrected chi connectivity index (χ0v) is 21.1. The average molecular weight is 498 g/mol. The van der Waals surface area contributed by atoms with E-state index in [-0.39, 0.29) is 21.7 Å². The van der Waals surface area contributed by atoms with Crippen molar-refractivity contribution in [3.63, 3.8) is 0 Å². The van der Waals surface area contributed by atoms with E-state index in [9.17, 15) is 13.2 Å². The summed E-state index contributed by atoms with van der Waals surface area (Å²) in [4.78, 5) is 15.4. The van der Waals surface area contributed by atoms with Crippen LogP contribution in [0.1, 0.15) is 38.2 Å². The second-order valence-electron chi connectivity index (χ2n) is 10.2. The number of nitrogens with zero attached hydrogens (tertiary/aromatic N) is 1. The molecule has 7 nitrogen and oxygen atoms in total. The SMILES string of the molecule is CC1CCC2NC(C(=O)NCc3ccc(S(=O)(=O)c4cccc(N5CCOCC5)c4)cc3)CC2C1. The molecule has 2 aliphatic heterocycles. The van der Waals surface area contributed by atoms with E-state index in [0.717, 1.165) is 43.1 Å². The van der Waals surface area contributed by atoms with Crippen LogP contribution < -0.4 is 15.5 Å². The van der Waals surface area contributed by atoms with Gasteiger partial charge in [-0.1, -0.05) is 25.1 Å². The van der Waals surface area contributed by atoms with Gasteiger partial charge in [0.1, 0.15) is 0 Å². The first-order chi connectivity index (χ1) is 16.9. The monoisotopic (exact) mass is 497 g/mol. The van der Waals surface area contributed by atoms with Crippen molar-refractivity contribution >= 4 is 21.4 Å². The summed E-state index contributed by atoms with van der Waals surface area (Å²) < 4.78 is 31.9. The van der Waals surface area contributed by atoms with E-state index in [1.54, 1.807) is 42.5 Å². The predicted molar refractivity (Wildman–Crippen MR) is 135 cm³/mol. The van der Waals surface area contributed by atoms with Gasteiger partial charge in [0.05, 0.1) is 29.0 Å². The Balaban J connectivity index is 1.20. The Morgan fingerprint density at radius 1 is 1.06 bits per heavy atom. The van der Waals surface area contributed by atoms with Crippen LogP contribution in [-0.2, 0) is 25.9 Å². The van der Waals surface area contributed by atoms with Crippen LogP contribution >= 0.6 is 0 Å². The van der Waals surface area contributed by atoms with Crippen LogP contribution in [0, 0.1) is 11.8 Å². The number of hydrogen-bond donors (Lipinski definition) is 2. The van der Waals surface area contributed by atoms with Crippen LogP contribution in [0.5, 0.6) is 0 Å². The summed E-state index contributed by atoms with van der Waals surface area (Å²) in [5.74, 6) is 1.38. The molecule has 2 saturated heterocycles. The number of amides is 1. The number of hydrogen-bond acceptors (Lipinski definition) is 6. The second-order valence-corrected chi connectivity index (χ2v) is 12.2. The van der Waals surface area contributed by atoms with E-state index in [2.05, 4.69) is 22.5 Å². The quantitative estimate of drug-likeness (QED) is 0.638. The van der Waals surface area contributed by atoms with Gasteiger partial charge in [-0.3, -0.25) is 4.79 Å². The molecule has 3 aliphatic rings. The summed E-state index contributed by atoms with van der Waals surface area (Å²) >= 11 is 0. The maximum absolute atomic E-state index is 13.2. The van der Waals surface area contributed by atoms with Crippen molar-refractivity contribution in [2.24, 2.45) is 11.8 Å². The molecule has 188 valence electrons. The third kappa shape index (κ3) is 5.39. The first kappa shape index (κ1) is 24.3. The molecule has 4 unspecified atom stereocenters. The van der Waals surface area contributed by atoms with Gasteiger partial charge in [-0.05, 0) is 73.4 Å². The number of nitrogens with one attached hydrogen (secondary N) is 2. The third-order valence-electron chi connectivity index (χ3n) is 7.72. The highest BCUT2D eigenvalue weighted by atomic mass is 32.2. The summed E-state index contributed by atoms with van der Waals surface area (Å²) in [5, 5.41) is 6.55. The minimum atomic E-state index is -3.63. The van der Waals surface area contributed by atoms with Crippen LogP contribution in [0.3, 0.4) is 0 Å². The molecule has 0 radical (unpaired) electrons. The molecule has 3 fully saturated rings. The molecule has 2 N–H and O–H groups in total. The molecule has 4 atom stereocenters. The lowest BCUT2D eigenvalue weighted by atomic mass is 9.79. The zero-order chi connectivity index (χ0) is 24.4. The molecule has 1 aliphatic carbocycles. The van der Waals surface area contributed by atoms with E-state index in [4.69, 9.17) is 4.74 Å². The van der Waals surface area contributed by atoms with Crippen molar-refractivity contribution in [2.75, 3.05) is 31.2 Å². The second kappa shape index (κ2) is 10.3. The lowest BCUT2D eigenvalue weighted by molar-refractivity contribution is -0.123. The normalized spacial score (nSPS) is 26.8. The summed E-state index contributed by atoms with van der Waals surface area (Å²) in [6.07, 6.45) is 4.49. The summed E-state index contributed by atoms with van der Waals surface area (Å²) in [6, 6.07) is 14.2. The van der Waals surface area contributed by atoms with Crippen LogP contribution in [-0.4, -0.2) is 52.7 Å². The van der Waals surface area contributed by atoms with E-state index in [1.165, 1.54) is 12.8 Å². The van der Waals surface area contributed by atoms with E-state index < -0.39 is 9.84 Å². The van der Waals surface area contributed by atoms with Crippen molar-refractivity contribution in [3.8, 4) is 0 Å². The van der Waals surface area contributed by atoms with Gasteiger partial charge >= 0.3 is 0 Å². The van der Waals surface area contributed by atoms with Gasteiger partial charge in [0.2, 0.25) is 15.7 Å². The third-order valence-corrected chi connectivity index (χ3v) is 9.49. The van der Waals surface area contributed by atoms with Crippen LogP contribution in [0.25, 0.3) is 0 Å². The topological polar surface area (TPSA) is 87.7 Å². The number of rotatable bonds is 6. The molecule has 2 aromatic rings. The predicted octanol–water partition coefficient (Wildman–Crippen LogP) is 3.14. The number of ether oxygens (including phenoxy) is 1. The lowest BCUT2D eigenvalue weighted by Gasteiger charge is -2.29. The Morgan fingerprint density at radius 2 is 1.83 bits per heavy atom. The Kier molecular flexibility index (Phi) is 7.14. The van der Waals surface area contributed by atoms with Gasteiger partial charge in [0, 0.05) is 31.4 Å². The fraction of sp³-hybridized carbons (Fsp3) is 0.519. The van der Waals surface area contributed by atoms with Crippen LogP contribution in [0.4, 0.5) is 5.69 Å². The molecule has 0 bridgehead atoms. The van der Waals surface area contributed by atoms with Gasteiger partial charge in [-0.2, -0.15) is 0 Å². The minimum absolute atomic E-state index is 0.0312. The Bertz CT molecular complexity index is 1150. The number of morpholine rings is 1. The van der Waals surface area contributed by atoms with Gasteiger partial charge in [-0.15, -0.1) is 0 Å². The molecule has 5 rings (SSSR count). The van der Waals surface area contributed by atoms with E-state index >= 15 is 0 Å². The number of benzene rings is 2. The molecule has 0 spiro atoms. The summed E-state index contributed by atoms with van der Waals surface area (Å²) in [6.45, 7) is 5.48.